The van der Waals surface area contributed by atoms with Gasteiger partial charge in [-0.1, -0.05) is 22.0 Å². The number of benzene rings is 1. The van der Waals surface area contributed by atoms with Crippen molar-refractivity contribution in [1.82, 2.24) is 0 Å². The molecule has 5 heteroatoms. The lowest BCUT2D eigenvalue weighted by molar-refractivity contribution is 0.0396. The summed E-state index contributed by atoms with van der Waals surface area (Å²) in [6.07, 6.45) is 5.36. The lowest BCUT2D eigenvalue weighted by Crippen LogP contribution is -2.46. The summed E-state index contributed by atoms with van der Waals surface area (Å²) in [5.41, 5.74) is 1.37. The monoisotopic (exact) mass is 352 g/mol. The highest BCUT2D eigenvalue weighted by Crippen LogP contribution is 2.51. The SMILES string of the molecule is CS(C)(O)C(Cl)C1(O)CCc2ccc(Br)cc2C1. The maximum atomic E-state index is 10.7. The molecule has 2 unspecified atom stereocenters. The van der Waals surface area contributed by atoms with E-state index in [1.165, 1.54) is 5.56 Å². The maximum Gasteiger partial charge on any atom is 0.113 e. The molecule has 1 aliphatic carbocycles. The molecule has 0 spiro atoms. The first-order chi connectivity index (χ1) is 8.22. The number of hydrogen-bond donors (Lipinski definition) is 2. The summed E-state index contributed by atoms with van der Waals surface area (Å²) in [4.78, 5) is 0. The molecule has 1 aliphatic rings. The molecule has 0 saturated carbocycles. The molecule has 2 N–H and O–H groups in total. The van der Waals surface area contributed by atoms with Gasteiger partial charge in [-0.2, -0.15) is 0 Å². The highest BCUT2D eigenvalue weighted by Gasteiger charge is 2.43. The van der Waals surface area contributed by atoms with Gasteiger partial charge in [0.1, 0.15) is 4.71 Å². The molecule has 0 bridgehead atoms. The maximum absolute atomic E-state index is 10.7. The van der Waals surface area contributed by atoms with Crippen LogP contribution in [0.3, 0.4) is 0 Å². The zero-order chi connectivity index (χ0) is 13.6. The molecular formula is C13H18BrClO2S. The van der Waals surface area contributed by atoms with Crippen LogP contribution in [0.1, 0.15) is 17.5 Å². The van der Waals surface area contributed by atoms with Crippen LogP contribution in [0.15, 0.2) is 22.7 Å². The third-order valence-corrected chi connectivity index (χ3v) is 7.08. The van der Waals surface area contributed by atoms with Gasteiger partial charge in [0, 0.05) is 10.9 Å². The summed E-state index contributed by atoms with van der Waals surface area (Å²) < 4.78 is 10.5. The number of hydrogen-bond acceptors (Lipinski definition) is 2. The van der Waals surface area contributed by atoms with Crippen LogP contribution in [-0.2, 0) is 12.8 Å². The van der Waals surface area contributed by atoms with Gasteiger partial charge >= 0.3 is 0 Å². The van der Waals surface area contributed by atoms with E-state index in [0.29, 0.717) is 12.8 Å². The zero-order valence-electron chi connectivity index (χ0n) is 10.5. The Kier molecular flexibility index (Phi) is 4.06. The smallest absolute Gasteiger partial charge is 0.113 e. The lowest BCUT2D eigenvalue weighted by Gasteiger charge is -2.44. The quantitative estimate of drug-likeness (QED) is 0.795. The molecule has 0 aromatic heterocycles. The summed E-state index contributed by atoms with van der Waals surface area (Å²) in [6.45, 7) is 0. The van der Waals surface area contributed by atoms with E-state index >= 15 is 0 Å². The average molecular weight is 354 g/mol. The highest BCUT2D eigenvalue weighted by molar-refractivity contribution is 9.10. The summed E-state index contributed by atoms with van der Waals surface area (Å²) in [5, 5.41) is 10.7. The second kappa shape index (κ2) is 4.98. The summed E-state index contributed by atoms with van der Waals surface area (Å²) in [7, 11) is -1.97. The summed E-state index contributed by atoms with van der Waals surface area (Å²) >= 11 is 9.75. The Bertz CT molecular complexity index is 461. The number of aliphatic hydroxyl groups is 1. The van der Waals surface area contributed by atoms with Crippen molar-refractivity contribution in [3.63, 3.8) is 0 Å². The van der Waals surface area contributed by atoms with Gasteiger partial charge in [0.25, 0.3) is 0 Å². The Morgan fingerprint density at radius 2 is 2.06 bits per heavy atom. The number of halogens is 2. The Morgan fingerprint density at radius 3 is 2.67 bits per heavy atom. The third-order valence-electron chi connectivity index (χ3n) is 3.42. The van der Waals surface area contributed by atoms with Crippen molar-refractivity contribution in [2.75, 3.05) is 12.5 Å². The molecule has 0 heterocycles. The first-order valence-electron chi connectivity index (χ1n) is 5.81. The summed E-state index contributed by atoms with van der Waals surface area (Å²) in [5.74, 6) is 0. The number of alkyl halides is 1. The number of rotatable bonds is 2. The third kappa shape index (κ3) is 2.88. The van der Waals surface area contributed by atoms with Crippen molar-refractivity contribution < 1.29 is 9.66 Å². The van der Waals surface area contributed by atoms with Gasteiger partial charge in [0.15, 0.2) is 0 Å². The van der Waals surface area contributed by atoms with E-state index in [1.807, 2.05) is 12.1 Å². The summed E-state index contributed by atoms with van der Waals surface area (Å²) in [6, 6.07) is 6.13. The molecule has 0 radical (unpaired) electrons. The van der Waals surface area contributed by atoms with Crippen LogP contribution in [0, 0.1) is 0 Å². The predicted molar refractivity (Wildman–Crippen MR) is 82.8 cm³/mol. The Hall–Kier alpha value is 0.260. The van der Waals surface area contributed by atoms with E-state index in [2.05, 4.69) is 22.0 Å². The first kappa shape index (κ1) is 14.7. The van der Waals surface area contributed by atoms with E-state index in [4.69, 9.17) is 11.6 Å². The van der Waals surface area contributed by atoms with Gasteiger partial charge in [-0.15, -0.1) is 21.9 Å². The fraction of sp³-hybridized carbons (Fsp3) is 0.538. The molecule has 2 rings (SSSR count). The van der Waals surface area contributed by atoms with Gasteiger partial charge in [-0.3, -0.25) is 0 Å². The number of aryl methyl sites for hydroxylation is 1. The fourth-order valence-electron chi connectivity index (χ4n) is 2.50. The minimum Gasteiger partial charge on any atom is -0.387 e. The van der Waals surface area contributed by atoms with Gasteiger partial charge < -0.3 is 9.66 Å². The average Bonchev–Trinajstić information content (AvgIpc) is 2.26. The van der Waals surface area contributed by atoms with Gasteiger partial charge in [0.05, 0.1) is 5.60 Å². The van der Waals surface area contributed by atoms with E-state index in [1.54, 1.807) is 12.5 Å². The minimum absolute atomic E-state index is 0.507. The molecule has 0 amide bonds. The van der Waals surface area contributed by atoms with Crippen LogP contribution in [0.25, 0.3) is 0 Å². The van der Waals surface area contributed by atoms with Crippen molar-refractivity contribution in [3.8, 4) is 0 Å². The molecular weight excluding hydrogens is 336 g/mol. The molecule has 102 valence electrons. The molecule has 1 aromatic rings. The van der Waals surface area contributed by atoms with Crippen molar-refractivity contribution in [3.05, 3.63) is 33.8 Å². The van der Waals surface area contributed by atoms with E-state index < -0.39 is 20.6 Å². The van der Waals surface area contributed by atoms with E-state index in [0.717, 1.165) is 16.5 Å². The van der Waals surface area contributed by atoms with Crippen molar-refractivity contribution in [2.45, 2.75) is 29.6 Å². The molecule has 2 nitrogen and oxygen atoms in total. The minimum atomic E-state index is -1.97. The molecule has 1 aromatic carbocycles. The van der Waals surface area contributed by atoms with Crippen LogP contribution in [0.4, 0.5) is 0 Å². The van der Waals surface area contributed by atoms with Crippen LogP contribution in [0.2, 0.25) is 0 Å². The van der Waals surface area contributed by atoms with Crippen LogP contribution < -0.4 is 0 Å². The van der Waals surface area contributed by atoms with Gasteiger partial charge in [-0.25, -0.2) is 0 Å². The van der Waals surface area contributed by atoms with Crippen LogP contribution in [0.5, 0.6) is 0 Å². The Morgan fingerprint density at radius 1 is 1.39 bits per heavy atom. The fourth-order valence-corrected chi connectivity index (χ4v) is 4.37. The first-order valence-corrected chi connectivity index (χ1v) is 9.51. The Labute approximate surface area is 123 Å². The molecule has 0 aliphatic heterocycles. The molecule has 2 atom stereocenters. The van der Waals surface area contributed by atoms with E-state index in [9.17, 15) is 9.66 Å². The molecule has 0 fully saturated rings. The zero-order valence-corrected chi connectivity index (χ0v) is 13.6. The van der Waals surface area contributed by atoms with Crippen LogP contribution in [-0.4, -0.2) is 32.5 Å². The topological polar surface area (TPSA) is 40.5 Å². The van der Waals surface area contributed by atoms with E-state index in [-0.39, 0.29) is 0 Å². The second-order valence-corrected chi connectivity index (χ2v) is 10.1. The normalized spacial score (nSPS) is 26.6. The van der Waals surface area contributed by atoms with Gasteiger partial charge in [0.2, 0.25) is 0 Å². The van der Waals surface area contributed by atoms with Gasteiger partial charge in [-0.05, 0) is 48.6 Å². The molecule has 18 heavy (non-hydrogen) atoms. The molecule has 0 saturated heterocycles. The lowest BCUT2D eigenvalue weighted by atomic mass is 9.81. The largest absolute Gasteiger partial charge is 0.387 e. The van der Waals surface area contributed by atoms with Crippen molar-refractivity contribution in [1.29, 1.82) is 0 Å². The van der Waals surface area contributed by atoms with Crippen molar-refractivity contribution in [2.24, 2.45) is 0 Å². The number of fused-ring (bicyclic) bond motifs is 1. The second-order valence-electron chi connectivity index (χ2n) is 5.36. The standard InChI is InChI=1S/C13H18BrClO2S/c1-18(2,17)12(15)13(16)6-5-9-3-4-11(14)7-10(9)8-13/h3-4,7,12,16-17H,5-6,8H2,1-2H3. The van der Waals surface area contributed by atoms with Crippen LogP contribution >= 0.6 is 37.8 Å². The highest BCUT2D eigenvalue weighted by atomic mass is 79.9. The predicted octanol–water partition coefficient (Wildman–Crippen LogP) is 3.77. The van der Waals surface area contributed by atoms with Crippen molar-refractivity contribution >= 4 is 37.8 Å². The Balaban J connectivity index is 2.30.